The summed E-state index contributed by atoms with van der Waals surface area (Å²) in [5.41, 5.74) is 4.36. The largest absolute Gasteiger partial charge is 0.493 e. The maximum absolute atomic E-state index is 13.4. The monoisotopic (exact) mass is 556 g/mol. The molecular formula is C32H36N4O3S. The van der Waals surface area contributed by atoms with Crippen molar-refractivity contribution >= 4 is 32.3 Å². The van der Waals surface area contributed by atoms with Crippen LogP contribution in [0.5, 0.6) is 5.88 Å². The lowest BCUT2D eigenvalue weighted by Crippen LogP contribution is -2.42. The number of aromatic hydroxyl groups is 1. The summed E-state index contributed by atoms with van der Waals surface area (Å²) < 4.78 is 28.1. The number of piperidine rings is 1. The number of aromatic nitrogens is 1. The van der Waals surface area contributed by atoms with Gasteiger partial charge in [0.2, 0.25) is 15.9 Å². The molecule has 2 heterocycles. The van der Waals surface area contributed by atoms with E-state index in [1.165, 1.54) is 29.5 Å². The molecule has 2 aliphatic rings. The van der Waals surface area contributed by atoms with E-state index >= 15 is 0 Å². The molecular weight excluding hydrogens is 520 g/mol. The minimum atomic E-state index is -3.79. The first-order valence-corrected chi connectivity index (χ1v) is 15.6. The van der Waals surface area contributed by atoms with Crippen LogP contribution in [-0.2, 0) is 16.6 Å². The number of likely N-dealkylation sites (tertiary alicyclic amines) is 1. The first-order chi connectivity index (χ1) is 19.3. The number of fused-ring (bicyclic) bond motifs is 1. The van der Waals surface area contributed by atoms with E-state index in [9.17, 15) is 13.5 Å². The summed E-state index contributed by atoms with van der Waals surface area (Å²) >= 11 is 0. The van der Waals surface area contributed by atoms with E-state index in [1.807, 2.05) is 60.7 Å². The third-order valence-corrected chi connectivity index (χ3v) is 10.1. The lowest BCUT2D eigenvalue weighted by molar-refractivity contribution is 0.0953. The molecule has 1 aliphatic heterocycles. The molecule has 1 aromatic heterocycles. The van der Waals surface area contributed by atoms with Gasteiger partial charge >= 0.3 is 0 Å². The van der Waals surface area contributed by atoms with Crippen molar-refractivity contribution in [2.24, 2.45) is 10.9 Å². The van der Waals surface area contributed by atoms with Gasteiger partial charge < -0.3 is 5.11 Å². The standard InChI is InChI=1S/C32H36N4O3S/c1-22-9-8-10-23(2)35(22)21-24-15-17-27(18-16-24)33-32(25-11-4-3-5-12-25)28-20-30(28)40(38,39)34-36-29-14-7-6-13-26(29)19-31(36)37/h3-7,11-19,22-23,28,30,34,37H,8-10,20-21H2,1-2H3. The molecule has 0 amide bonds. The zero-order chi connectivity index (χ0) is 27.9. The molecule has 7 nitrogen and oxygen atoms in total. The van der Waals surface area contributed by atoms with Crippen molar-refractivity contribution in [3.63, 3.8) is 0 Å². The summed E-state index contributed by atoms with van der Waals surface area (Å²) in [4.78, 5) is 10.2. The molecule has 40 heavy (non-hydrogen) atoms. The zero-order valence-corrected chi connectivity index (χ0v) is 23.8. The highest BCUT2D eigenvalue weighted by atomic mass is 32.2. The van der Waals surface area contributed by atoms with Crippen molar-refractivity contribution in [1.29, 1.82) is 0 Å². The fraction of sp³-hybridized carbons (Fsp3) is 0.344. The van der Waals surface area contributed by atoms with E-state index < -0.39 is 15.3 Å². The number of aliphatic imine (C=N–C) groups is 1. The van der Waals surface area contributed by atoms with E-state index in [2.05, 4.69) is 35.7 Å². The van der Waals surface area contributed by atoms with Crippen LogP contribution in [0.3, 0.4) is 0 Å². The second-order valence-corrected chi connectivity index (χ2v) is 13.1. The molecule has 1 aliphatic carbocycles. The zero-order valence-electron chi connectivity index (χ0n) is 22.9. The first kappa shape index (κ1) is 26.6. The Kier molecular flexibility index (Phi) is 7.15. The third kappa shape index (κ3) is 5.38. The summed E-state index contributed by atoms with van der Waals surface area (Å²) in [7, 11) is -3.79. The average molecular weight is 557 g/mol. The number of rotatable bonds is 8. The van der Waals surface area contributed by atoms with Gasteiger partial charge in [0.1, 0.15) is 0 Å². The third-order valence-electron chi connectivity index (χ3n) is 8.39. The van der Waals surface area contributed by atoms with Gasteiger partial charge in [-0.05, 0) is 62.4 Å². The summed E-state index contributed by atoms with van der Waals surface area (Å²) in [6.45, 7) is 5.55. The summed E-state index contributed by atoms with van der Waals surface area (Å²) in [5, 5.41) is 10.5. The highest BCUT2D eigenvalue weighted by molar-refractivity contribution is 7.93. The molecule has 1 saturated carbocycles. The van der Waals surface area contributed by atoms with Crippen LogP contribution in [0.1, 0.15) is 50.7 Å². The van der Waals surface area contributed by atoms with Crippen molar-refractivity contribution in [1.82, 2.24) is 9.58 Å². The lowest BCUT2D eigenvalue weighted by atomic mass is 9.97. The van der Waals surface area contributed by atoms with Crippen molar-refractivity contribution in [3.8, 4) is 5.88 Å². The molecule has 2 fully saturated rings. The van der Waals surface area contributed by atoms with Gasteiger partial charge in [0.05, 0.1) is 22.2 Å². The Labute approximate surface area is 236 Å². The van der Waals surface area contributed by atoms with Crippen molar-refractivity contribution in [2.45, 2.75) is 63.4 Å². The lowest BCUT2D eigenvalue weighted by Gasteiger charge is -2.39. The van der Waals surface area contributed by atoms with E-state index in [-0.39, 0.29) is 11.8 Å². The smallest absolute Gasteiger partial charge is 0.249 e. The normalized spacial score (nSPS) is 23.8. The van der Waals surface area contributed by atoms with E-state index in [0.717, 1.165) is 28.9 Å². The van der Waals surface area contributed by atoms with Gasteiger partial charge in [-0.25, -0.2) is 17.9 Å². The molecule has 0 bridgehead atoms. The van der Waals surface area contributed by atoms with Crippen LogP contribution in [-0.4, -0.2) is 46.1 Å². The van der Waals surface area contributed by atoms with Gasteiger partial charge in [-0.2, -0.15) is 0 Å². The summed E-state index contributed by atoms with van der Waals surface area (Å²) in [6, 6.07) is 28.1. The molecule has 1 saturated heterocycles. The van der Waals surface area contributed by atoms with Crippen LogP contribution >= 0.6 is 0 Å². The molecule has 2 N–H and O–H groups in total. The maximum atomic E-state index is 13.4. The topological polar surface area (TPSA) is 86.9 Å². The summed E-state index contributed by atoms with van der Waals surface area (Å²) in [6.07, 6.45) is 4.25. The van der Waals surface area contributed by atoms with Gasteiger partial charge in [0.15, 0.2) is 0 Å². The Hall–Kier alpha value is -3.62. The van der Waals surface area contributed by atoms with E-state index in [0.29, 0.717) is 24.0 Å². The molecule has 4 aromatic rings. The minimum Gasteiger partial charge on any atom is -0.493 e. The number of hydrogen-bond acceptors (Lipinski definition) is 5. The van der Waals surface area contributed by atoms with Gasteiger partial charge in [0.25, 0.3) is 0 Å². The Balaban J connectivity index is 1.24. The molecule has 208 valence electrons. The van der Waals surface area contributed by atoms with Gasteiger partial charge in [-0.15, -0.1) is 0 Å². The van der Waals surface area contributed by atoms with Crippen LogP contribution in [0.25, 0.3) is 10.9 Å². The van der Waals surface area contributed by atoms with Crippen LogP contribution in [0.4, 0.5) is 5.69 Å². The van der Waals surface area contributed by atoms with E-state index in [1.54, 1.807) is 12.1 Å². The van der Waals surface area contributed by atoms with Crippen LogP contribution in [0, 0.1) is 5.92 Å². The Morgan fingerprint density at radius 1 is 0.950 bits per heavy atom. The number of hydrogen-bond donors (Lipinski definition) is 2. The van der Waals surface area contributed by atoms with Crippen LogP contribution in [0.2, 0.25) is 0 Å². The quantitative estimate of drug-likeness (QED) is 0.253. The number of nitrogens with zero attached hydrogens (tertiary/aromatic N) is 3. The molecule has 3 aromatic carbocycles. The predicted octanol–water partition coefficient (Wildman–Crippen LogP) is 6.19. The Bertz CT molecular complexity index is 1620. The minimum absolute atomic E-state index is 0.146. The number of sulfonamides is 1. The highest BCUT2D eigenvalue weighted by Crippen LogP contribution is 2.41. The van der Waals surface area contributed by atoms with Crippen LogP contribution in [0.15, 0.2) is 89.9 Å². The van der Waals surface area contributed by atoms with Gasteiger partial charge in [-0.1, -0.05) is 67.1 Å². The summed E-state index contributed by atoms with van der Waals surface area (Å²) in [5.74, 6) is -0.397. The Morgan fingerprint density at radius 3 is 2.35 bits per heavy atom. The first-order valence-electron chi connectivity index (χ1n) is 14.1. The highest BCUT2D eigenvalue weighted by Gasteiger charge is 2.51. The molecule has 0 spiro atoms. The predicted molar refractivity (Wildman–Crippen MR) is 161 cm³/mol. The number of nitrogens with one attached hydrogen (secondary N) is 1. The molecule has 4 atom stereocenters. The second kappa shape index (κ2) is 10.7. The average Bonchev–Trinajstić information content (AvgIpc) is 3.70. The fourth-order valence-electron chi connectivity index (χ4n) is 6.02. The maximum Gasteiger partial charge on any atom is 0.249 e. The van der Waals surface area contributed by atoms with Gasteiger partial charge in [-0.3, -0.25) is 9.89 Å². The fourth-order valence-corrected chi connectivity index (χ4v) is 7.62. The SMILES string of the molecule is CC1CCCC(C)N1Cc1ccc(N=C(c2ccccc2)C2CC2S(=O)(=O)Nn2c(O)cc3ccccc32)cc1. The van der Waals surface area contributed by atoms with Crippen molar-refractivity contribution < 1.29 is 13.5 Å². The van der Waals surface area contributed by atoms with Crippen molar-refractivity contribution in [2.75, 3.05) is 4.83 Å². The molecule has 8 heteroatoms. The molecule has 0 radical (unpaired) electrons. The van der Waals surface area contributed by atoms with Crippen LogP contribution < -0.4 is 4.83 Å². The van der Waals surface area contributed by atoms with E-state index in [4.69, 9.17) is 4.99 Å². The molecule has 6 rings (SSSR count). The second-order valence-electron chi connectivity index (χ2n) is 11.2. The molecule has 4 unspecified atom stereocenters. The number of para-hydroxylation sites is 1. The Morgan fingerprint density at radius 2 is 1.62 bits per heavy atom. The van der Waals surface area contributed by atoms with Crippen molar-refractivity contribution in [3.05, 3.63) is 96.1 Å². The van der Waals surface area contributed by atoms with Gasteiger partial charge in [0, 0.05) is 36.0 Å². The number of benzene rings is 3.